The predicted molar refractivity (Wildman–Crippen MR) is 71.4 cm³/mol. The SMILES string of the molecule is N#Cc1ccc(COCC2CCNCC2)c(Cl)c1. The highest BCUT2D eigenvalue weighted by Crippen LogP contribution is 2.19. The highest BCUT2D eigenvalue weighted by Gasteiger charge is 2.13. The predicted octanol–water partition coefficient (Wildman–Crippen LogP) is 2.73. The van der Waals surface area contributed by atoms with Crippen molar-refractivity contribution in [2.45, 2.75) is 19.4 Å². The molecule has 1 N–H and O–H groups in total. The molecule has 0 saturated carbocycles. The van der Waals surface area contributed by atoms with Crippen LogP contribution >= 0.6 is 11.6 Å². The van der Waals surface area contributed by atoms with Crippen LogP contribution in [0.15, 0.2) is 18.2 Å². The first-order chi connectivity index (χ1) is 8.79. The van der Waals surface area contributed by atoms with Crippen LogP contribution in [0, 0.1) is 17.2 Å². The number of nitrogens with one attached hydrogen (secondary N) is 1. The fourth-order valence-corrected chi connectivity index (χ4v) is 2.35. The van der Waals surface area contributed by atoms with Crippen LogP contribution in [0.1, 0.15) is 24.0 Å². The average Bonchev–Trinajstić information content (AvgIpc) is 2.42. The fraction of sp³-hybridized carbons (Fsp3) is 0.500. The first kappa shape index (κ1) is 13.4. The molecule has 0 aromatic heterocycles. The molecule has 0 bridgehead atoms. The Hall–Kier alpha value is -1.08. The third-order valence-corrected chi connectivity index (χ3v) is 3.60. The Morgan fingerprint density at radius 1 is 1.39 bits per heavy atom. The maximum Gasteiger partial charge on any atom is 0.0992 e. The van der Waals surface area contributed by atoms with E-state index in [0.717, 1.165) is 25.3 Å². The Balaban J connectivity index is 1.81. The molecule has 0 spiro atoms. The molecule has 0 radical (unpaired) electrons. The van der Waals surface area contributed by atoms with Crippen molar-refractivity contribution in [1.29, 1.82) is 5.26 Å². The Morgan fingerprint density at radius 2 is 2.17 bits per heavy atom. The van der Waals surface area contributed by atoms with E-state index in [1.807, 2.05) is 6.07 Å². The number of nitriles is 1. The smallest absolute Gasteiger partial charge is 0.0992 e. The van der Waals surface area contributed by atoms with Gasteiger partial charge in [-0.1, -0.05) is 17.7 Å². The molecule has 2 rings (SSSR count). The molecule has 1 fully saturated rings. The number of halogens is 1. The molecule has 1 aromatic carbocycles. The van der Waals surface area contributed by atoms with Gasteiger partial charge in [-0.3, -0.25) is 0 Å². The van der Waals surface area contributed by atoms with Crippen molar-refractivity contribution in [3.63, 3.8) is 0 Å². The summed E-state index contributed by atoms with van der Waals surface area (Å²) in [5.41, 5.74) is 1.53. The number of hydrogen-bond donors (Lipinski definition) is 1. The lowest BCUT2D eigenvalue weighted by molar-refractivity contribution is 0.0764. The summed E-state index contributed by atoms with van der Waals surface area (Å²) in [5.74, 6) is 0.656. The van der Waals surface area contributed by atoms with Crippen LogP contribution in [-0.4, -0.2) is 19.7 Å². The minimum atomic E-state index is 0.522. The number of hydrogen-bond acceptors (Lipinski definition) is 3. The van der Waals surface area contributed by atoms with Gasteiger partial charge in [0.1, 0.15) is 0 Å². The van der Waals surface area contributed by atoms with Crippen LogP contribution in [0.25, 0.3) is 0 Å². The molecule has 0 atom stereocenters. The summed E-state index contributed by atoms with van der Waals surface area (Å²) in [6.07, 6.45) is 2.36. The third-order valence-electron chi connectivity index (χ3n) is 3.25. The van der Waals surface area contributed by atoms with Crippen molar-refractivity contribution in [3.8, 4) is 6.07 Å². The molecule has 1 aliphatic heterocycles. The van der Waals surface area contributed by atoms with E-state index in [2.05, 4.69) is 11.4 Å². The van der Waals surface area contributed by atoms with Crippen molar-refractivity contribution < 1.29 is 4.74 Å². The van der Waals surface area contributed by atoms with Gasteiger partial charge >= 0.3 is 0 Å². The zero-order valence-electron chi connectivity index (χ0n) is 10.3. The van der Waals surface area contributed by atoms with Gasteiger partial charge in [-0.05, 0) is 49.5 Å². The zero-order valence-corrected chi connectivity index (χ0v) is 11.0. The van der Waals surface area contributed by atoms with Gasteiger partial charge < -0.3 is 10.1 Å². The summed E-state index contributed by atoms with van der Waals surface area (Å²) in [6.45, 7) is 3.49. The van der Waals surface area contributed by atoms with Gasteiger partial charge in [0.25, 0.3) is 0 Å². The van der Waals surface area contributed by atoms with Gasteiger partial charge in [-0.2, -0.15) is 5.26 Å². The molecular formula is C14H17ClN2O. The minimum absolute atomic E-state index is 0.522. The Kier molecular flexibility index (Phi) is 5.00. The van der Waals surface area contributed by atoms with Gasteiger partial charge in [-0.15, -0.1) is 0 Å². The summed E-state index contributed by atoms with van der Waals surface area (Å²) in [5, 5.41) is 12.7. The van der Waals surface area contributed by atoms with Crippen LogP contribution in [-0.2, 0) is 11.3 Å². The van der Waals surface area contributed by atoms with Gasteiger partial charge in [0, 0.05) is 11.6 Å². The molecule has 0 unspecified atom stereocenters. The maximum absolute atomic E-state index is 8.75. The van der Waals surface area contributed by atoms with Gasteiger partial charge in [0.15, 0.2) is 0 Å². The molecule has 96 valence electrons. The molecular weight excluding hydrogens is 248 g/mol. The number of nitrogens with zero attached hydrogens (tertiary/aromatic N) is 1. The summed E-state index contributed by atoms with van der Waals surface area (Å²) < 4.78 is 5.72. The molecule has 1 heterocycles. The fourth-order valence-electron chi connectivity index (χ4n) is 2.12. The standard InChI is InChI=1S/C14H17ClN2O/c15-14-7-12(8-16)1-2-13(14)10-18-9-11-3-5-17-6-4-11/h1-2,7,11,17H,3-6,9-10H2. The monoisotopic (exact) mass is 264 g/mol. The number of benzene rings is 1. The van der Waals surface area contributed by atoms with Crippen LogP contribution < -0.4 is 5.32 Å². The number of rotatable bonds is 4. The second kappa shape index (κ2) is 6.75. The highest BCUT2D eigenvalue weighted by molar-refractivity contribution is 6.31. The first-order valence-electron chi connectivity index (χ1n) is 6.26. The molecule has 18 heavy (non-hydrogen) atoms. The molecule has 1 aliphatic rings. The lowest BCUT2D eigenvalue weighted by Gasteiger charge is -2.22. The minimum Gasteiger partial charge on any atom is -0.376 e. The average molecular weight is 265 g/mol. The molecule has 1 aromatic rings. The van der Waals surface area contributed by atoms with E-state index in [1.54, 1.807) is 12.1 Å². The van der Waals surface area contributed by atoms with E-state index in [-0.39, 0.29) is 0 Å². The molecule has 1 saturated heterocycles. The van der Waals surface area contributed by atoms with Gasteiger partial charge in [0.05, 0.1) is 18.2 Å². The van der Waals surface area contributed by atoms with E-state index in [4.69, 9.17) is 21.6 Å². The Labute approximate surface area is 113 Å². The van der Waals surface area contributed by atoms with E-state index < -0.39 is 0 Å². The van der Waals surface area contributed by atoms with Crippen LogP contribution in [0.5, 0.6) is 0 Å². The van der Waals surface area contributed by atoms with Crippen LogP contribution in [0.4, 0.5) is 0 Å². The lowest BCUT2D eigenvalue weighted by atomic mass is 9.99. The van der Waals surface area contributed by atoms with E-state index >= 15 is 0 Å². The number of piperidine rings is 1. The van der Waals surface area contributed by atoms with Gasteiger partial charge in [0.2, 0.25) is 0 Å². The topological polar surface area (TPSA) is 45.0 Å². The normalized spacial score (nSPS) is 16.4. The summed E-state index contributed by atoms with van der Waals surface area (Å²) >= 11 is 6.09. The van der Waals surface area contributed by atoms with E-state index in [1.165, 1.54) is 12.8 Å². The Morgan fingerprint density at radius 3 is 2.83 bits per heavy atom. The highest BCUT2D eigenvalue weighted by atomic mass is 35.5. The second-order valence-electron chi connectivity index (χ2n) is 4.63. The lowest BCUT2D eigenvalue weighted by Crippen LogP contribution is -2.29. The second-order valence-corrected chi connectivity index (χ2v) is 5.03. The summed E-state index contributed by atoms with van der Waals surface area (Å²) in [6, 6.07) is 7.39. The van der Waals surface area contributed by atoms with Crippen molar-refractivity contribution >= 4 is 11.6 Å². The quantitative estimate of drug-likeness (QED) is 0.910. The zero-order chi connectivity index (χ0) is 12.8. The number of ether oxygens (including phenoxy) is 1. The molecule has 0 aliphatic carbocycles. The largest absolute Gasteiger partial charge is 0.376 e. The van der Waals surface area contributed by atoms with Crippen LogP contribution in [0.3, 0.4) is 0 Å². The molecule has 4 heteroatoms. The van der Waals surface area contributed by atoms with Crippen molar-refractivity contribution in [3.05, 3.63) is 34.3 Å². The van der Waals surface area contributed by atoms with E-state index in [0.29, 0.717) is 23.1 Å². The van der Waals surface area contributed by atoms with Crippen molar-refractivity contribution in [1.82, 2.24) is 5.32 Å². The third kappa shape index (κ3) is 3.71. The van der Waals surface area contributed by atoms with Gasteiger partial charge in [-0.25, -0.2) is 0 Å². The molecule has 0 amide bonds. The molecule has 3 nitrogen and oxygen atoms in total. The first-order valence-corrected chi connectivity index (χ1v) is 6.64. The Bertz CT molecular complexity index is 436. The van der Waals surface area contributed by atoms with Crippen LogP contribution in [0.2, 0.25) is 5.02 Å². The van der Waals surface area contributed by atoms with E-state index in [9.17, 15) is 0 Å². The summed E-state index contributed by atoms with van der Waals surface area (Å²) in [7, 11) is 0. The van der Waals surface area contributed by atoms with Crippen molar-refractivity contribution in [2.24, 2.45) is 5.92 Å². The van der Waals surface area contributed by atoms with Crippen molar-refractivity contribution in [2.75, 3.05) is 19.7 Å². The summed E-state index contributed by atoms with van der Waals surface area (Å²) in [4.78, 5) is 0. The maximum atomic E-state index is 8.75.